The number of aromatic nitrogens is 3. The van der Waals surface area contributed by atoms with Crippen LogP contribution >= 0.6 is 0 Å². The summed E-state index contributed by atoms with van der Waals surface area (Å²) in [6.07, 6.45) is 4.70. The normalized spacial score (nSPS) is 23.4. The van der Waals surface area contributed by atoms with Gasteiger partial charge in [-0.2, -0.15) is 19.9 Å². The van der Waals surface area contributed by atoms with Gasteiger partial charge in [0.15, 0.2) is 0 Å². The molecule has 4 rings (SSSR count). The van der Waals surface area contributed by atoms with Gasteiger partial charge in [-0.1, -0.05) is 6.42 Å². The van der Waals surface area contributed by atoms with Crippen molar-refractivity contribution < 1.29 is 8.78 Å². The highest BCUT2D eigenvalue weighted by atomic mass is 19.3. The average molecular weight is 407 g/mol. The smallest absolute Gasteiger partial charge is 0.267 e. The molecule has 5 N–H and O–H groups in total. The molecule has 2 saturated heterocycles. The fourth-order valence-corrected chi connectivity index (χ4v) is 3.63. The van der Waals surface area contributed by atoms with Gasteiger partial charge in [-0.15, -0.1) is 0 Å². The van der Waals surface area contributed by atoms with Gasteiger partial charge >= 0.3 is 0 Å². The summed E-state index contributed by atoms with van der Waals surface area (Å²) in [6, 6.07) is 0. The van der Waals surface area contributed by atoms with E-state index in [9.17, 15) is 8.78 Å². The monoisotopic (exact) mass is 407 g/mol. The van der Waals surface area contributed by atoms with Crippen LogP contribution in [0.5, 0.6) is 0 Å². The number of hydrogen-bond acceptors (Lipinski definition) is 8. The van der Waals surface area contributed by atoms with Crippen LogP contribution in [0.4, 0.5) is 26.6 Å². The lowest BCUT2D eigenvalue weighted by Crippen LogP contribution is -2.44. The number of rotatable bonds is 5. The van der Waals surface area contributed by atoms with Crippen LogP contribution in [0, 0.1) is 5.92 Å². The first-order valence-electron chi connectivity index (χ1n) is 10.1. The zero-order valence-electron chi connectivity index (χ0n) is 16.3. The van der Waals surface area contributed by atoms with Crippen LogP contribution in [-0.2, 0) is 0 Å². The lowest BCUT2D eigenvalue weighted by molar-refractivity contribution is 0.0256. The van der Waals surface area contributed by atoms with Crippen molar-refractivity contribution in [1.29, 1.82) is 0 Å². The summed E-state index contributed by atoms with van der Waals surface area (Å²) in [5.74, 6) is -1.47. The molecule has 0 amide bonds. The zero-order valence-corrected chi connectivity index (χ0v) is 16.3. The number of nitrogens with one attached hydrogen (secondary N) is 1. The Hall–Kier alpha value is -2.56. The Balaban J connectivity index is 1.62. The third kappa shape index (κ3) is 4.72. The predicted octanol–water partition coefficient (Wildman–Crippen LogP) is 0.758. The summed E-state index contributed by atoms with van der Waals surface area (Å²) in [5, 5.41) is 3.26. The number of alkyl halides is 2. The molecule has 0 bridgehead atoms. The maximum Gasteiger partial charge on any atom is 0.267 e. The maximum absolute atomic E-state index is 13.7. The van der Waals surface area contributed by atoms with Crippen LogP contribution in [0.3, 0.4) is 0 Å². The van der Waals surface area contributed by atoms with Gasteiger partial charge < -0.3 is 26.6 Å². The van der Waals surface area contributed by atoms with E-state index in [2.05, 4.69) is 25.3 Å². The second-order valence-electron chi connectivity index (χ2n) is 7.81. The highest BCUT2D eigenvalue weighted by Crippen LogP contribution is 2.31. The second-order valence-corrected chi connectivity index (χ2v) is 7.81. The highest BCUT2D eigenvalue weighted by molar-refractivity contribution is 5.93. The molecule has 2 aliphatic heterocycles. The standard InChI is InChI=1S/C18H27F2N9/c19-18(20)4-7-29(11-18)17-26-15(24-14(22)10-13(21)12-2-1-3-12)25-16(27-17)28-8-5-23-6-9-28/h10,12,23H,1-9,11,21H2,(H2,22,24,25,26,27)/b13-10-. The number of aliphatic imine (C=N–C) groups is 1. The first kappa shape index (κ1) is 19.7. The first-order valence-corrected chi connectivity index (χ1v) is 10.1. The van der Waals surface area contributed by atoms with E-state index in [-0.39, 0.29) is 30.7 Å². The minimum Gasteiger partial charge on any atom is -0.402 e. The van der Waals surface area contributed by atoms with Crippen molar-refractivity contribution in [2.45, 2.75) is 31.6 Å². The van der Waals surface area contributed by atoms with E-state index in [1.54, 1.807) is 6.08 Å². The molecule has 1 saturated carbocycles. The molecule has 0 radical (unpaired) electrons. The fraction of sp³-hybridized carbons (Fsp3) is 0.667. The van der Waals surface area contributed by atoms with Gasteiger partial charge in [-0.3, -0.25) is 0 Å². The van der Waals surface area contributed by atoms with Crippen LogP contribution in [0.2, 0.25) is 0 Å². The van der Waals surface area contributed by atoms with Crippen LogP contribution < -0.4 is 26.6 Å². The minimum atomic E-state index is -2.75. The molecular formula is C18H27F2N9. The summed E-state index contributed by atoms with van der Waals surface area (Å²) in [4.78, 5) is 20.9. The zero-order chi connectivity index (χ0) is 20.4. The Kier molecular flexibility index (Phi) is 5.48. The second kappa shape index (κ2) is 8.05. The molecule has 1 aliphatic carbocycles. The summed E-state index contributed by atoms with van der Waals surface area (Å²) in [7, 11) is 0. The lowest BCUT2D eigenvalue weighted by Gasteiger charge is -2.28. The van der Waals surface area contributed by atoms with Crippen LogP contribution in [0.1, 0.15) is 25.7 Å². The summed E-state index contributed by atoms with van der Waals surface area (Å²) < 4.78 is 27.4. The first-order chi connectivity index (χ1) is 13.9. The largest absolute Gasteiger partial charge is 0.402 e. The van der Waals surface area contributed by atoms with Gasteiger partial charge in [0.25, 0.3) is 11.9 Å². The number of anilines is 2. The number of hydrogen-bond donors (Lipinski definition) is 3. The van der Waals surface area contributed by atoms with Crippen molar-refractivity contribution in [1.82, 2.24) is 20.3 Å². The van der Waals surface area contributed by atoms with Crippen molar-refractivity contribution in [3.63, 3.8) is 0 Å². The molecule has 0 aromatic carbocycles. The van der Waals surface area contributed by atoms with E-state index in [1.807, 2.05) is 4.90 Å². The number of nitrogens with zero attached hydrogens (tertiary/aromatic N) is 6. The molecule has 0 unspecified atom stereocenters. The topological polar surface area (TPSA) is 122 Å². The van der Waals surface area contributed by atoms with Gasteiger partial charge in [0.2, 0.25) is 11.9 Å². The van der Waals surface area contributed by atoms with Gasteiger partial charge in [0.1, 0.15) is 5.84 Å². The Morgan fingerprint density at radius 1 is 1.07 bits per heavy atom. The Morgan fingerprint density at radius 3 is 2.34 bits per heavy atom. The molecule has 0 spiro atoms. The van der Waals surface area contributed by atoms with E-state index in [0.717, 1.165) is 25.9 Å². The van der Waals surface area contributed by atoms with Crippen molar-refractivity contribution in [3.8, 4) is 0 Å². The van der Waals surface area contributed by atoms with Crippen LogP contribution in [0.25, 0.3) is 0 Å². The van der Waals surface area contributed by atoms with Gasteiger partial charge in [0, 0.05) is 44.8 Å². The van der Waals surface area contributed by atoms with E-state index < -0.39 is 12.5 Å². The molecule has 158 valence electrons. The van der Waals surface area contributed by atoms with E-state index in [4.69, 9.17) is 11.5 Å². The Bertz CT molecular complexity index is 801. The molecule has 29 heavy (non-hydrogen) atoms. The fourth-order valence-electron chi connectivity index (χ4n) is 3.63. The highest BCUT2D eigenvalue weighted by Gasteiger charge is 2.39. The molecule has 3 fully saturated rings. The van der Waals surface area contributed by atoms with Gasteiger partial charge in [-0.05, 0) is 24.8 Å². The van der Waals surface area contributed by atoms with Crippen molar-refractivity contribution in [2.24, 2.45) is 22.4 Å². The van der Waals surface area contributed by atoms with Crippen LogP contribution in [-0.4, -0.2) is 66.0 Å². The van der Waals surface area contributed by atoms with Crippen molar-refractivity contribution in [2.75, 3.05) is 49.1 Å². The number of piperazine rings is 1. The summed E-state index contributed by atoms with van der Waals surface area (Å²) >= 11 is 0. The van der Waals surface area contributed by atoms with E-state index in [0.29, 0.717) is 30.7 Å². The molecule has 0 atom stereocenters. The number of nitrogens with two attached hydrogens (primary N) is 2. The minimum absolute atomic E-state index is 0.105. The Morgan fingerprint density at radius 2 is 1.76 bits per heavy atom. The molecule has 9 nitrogen and oxygen atoms in total. The quantitative estimate of drug-likeness (QED) is 0.483. The number of amidine groups is 1. The third-order valence-electron chi connectivity index (χ3n) is 5.57. The molecule has 3 aliphatic rings. The molecule has 1 aromatic heterocycles. The molecule has 3 heterocycles. The molecule has 11 heteroatoms. The molecular weight excluding hydrogens is 380 g/mol. The van der Waals surface area contributed by atoms with E-state index in [1.165, 1.54) is 11.3 Å². The van der Waals surface area contributed by atoms with Crippen molar-refractivity contribution in [3.05, 3.63) is 11.8 Å². The number of allylic oxidation sites excluding steroid dienone is 1. The third-order valence-corrected chi connectivity index (χ3v) is 5.57. The van der Waals surface area contributed by atoms with E-state index >= 15 is 0 Å². The summed E-state index contributed by atoms with van der Waals surface area (Å²) in [6.45, 7) is 2.80. The maximum atomic E-state index is 13.7. The average Bonchev–Trinajstić information content (AvgIpc) is 3.00. The number of halogens is 2. The van der Waals surface area contributed by atoms with Crippen LogP contribution in [0.15, 0.2) is 16.8 Å². The van der Waals surface area contributed by atoms with Crippen molar-refractivity contribution >= 4 is 23.7 Å². The Labute approximate surface area is 168 Å². The lowest BCUT2D eigenvalue weighted by atomic mass is 9.83. The van der Waals surface area contributed by atoms with Gasteiger partial charge in [-0.25, -0.2) is 8.78 Å². The molecule has 1 aromatic rings. The predicted molar refractivity (Wildman–Crippen MR) is 108 cm³/mol. The van der Waals surface area contributed by atoms with Gasteiger partial charge in [0.05, 0.1) is 6.54 Å². The summed E-state index contributed by atoms with van der Waals surface area (Å²) in [5.41, 5.74) is 12.8. The SMILES string of the molecule is N/C(=C\C(N)=N/c1nc(N2CCNCC2)nc(N2CCC(F)(F)C2)n1)C1CCC1.